The Hall–Kier alpha value is -2.32. The van der Waals surface area contributed by atoms with E-state index >= 15 is 0 Å². The molecule has 8 heteroatoms. The summed E-state index contributed by atoms with van der Waals surface area (Å²) in [6.07, 6.45) is 3.49. The van der Waals surface area contributed by atoms with Gasteiger partial charge >= 0.3 is 0 Å². The third kappa shape index (κ3) is 3.40. The van der Waals surface area contributed by atoms with Crippen LogP contribution in [0.25, 0.3) is 9.88 Å². The topological polar surface area (TPSA) is 79.0 Å². The van der Waals surface area contributed by atoms with E-state index in [1.54, 1.807) is 29.7 Å². The van der Waals surface area contributed by atoms with Gasteiger partial charge in [0, 0.05) is 24.5 Å². The first-order chi connectivity index (χ1) is 12.1. The quantitative estimate of drug-likeness (QED) is 0.746. The molecule has 1 amide bonds. The first kappa shape index (κ1) is 16.2. The van der Waals surface area contributed by atoms with Gasteiger partial charge in [0.15, 0.2) is 0 Å². The zero-order valence-electron chi connectivity index (χ0n) is 13.6. The number of H-pyrrole nitrogens is 1. The molecule has 3 aromatic rings. The number of nitrogens with zero attached hydrogens (tertiary/aromatic N) is 3. The van der Waals surface area contributed by atoms with Crippen molar-refractivity contribution in [2.24, 2.45) is 0 Å². The molecule has 25 heavy (non-hydrogen) atoms. The van der Waals surface area contributed by atoms with Gasteiger partial charge in [0.1, 0.15) is 16.4 Å². The summed E-state index contributed by atoms with van der Waals surface area (Å²) in [5.74, 6) is 0.686. The van der Waals surface area contributed by atoms with E-state index in [0.717, 1.165) is 28.4 Å². The molecule has 3 heterocycles. The van der Waals surface area contributed by atoms with Crippen LogP contribution in [0.3, 0.4) is 0 Å². The predicted molar refractivity (Wildman–Crippen MR) is 98.1 cm³/mol. The van der Waals surface area contributed by atoms with E-state index in [1.165, 1.54) is 11.1 Å². The highest BCUT2D eigenvalue weighted by atomic mass is 32.1. The number of carbonyl (C=O) groups is 1. The summed E-state index contributed by atoms with van der Waals surface area (Å²) in [5, 5.41) is 4.90. The zero-order chi connectivity index (χ0) is 17.4. The SMILES string of the molecule is CN(Cc1csc(-c2cccs2)n1)C(=O)c1cnc(C2CC2)[nH]c1=O. The molecule has 6 nitrogen and oxygen atoms in total. The molecule has 0 saturated heterocycles. The fourth-order valence-electron chi connectivity index (χ4n) is 2.54. The van der Waals surface area contributed by atoms with Crippen molar-refractivity contribution in [2.75, 3.05) is 7.05 Å². The summed E-state index contributed by atoms with van der Waals surface area (Å²) >= 11 is 3.19. The van der Waals surface area contributed by atoms with Crippen LogP contribution in [0.4, 0.5) is 0 Å². The molecule has 4 rings (SSSR count). The van der Waals surface area contributed by atoms with E-state index in [4.69, 9.17) is 0 Å². The first-order valence-electron chi connectivity index (χ1n) is 7.95. The molecule has 1 aliphatic carbocycles. The van der Waals surface area contributed by atoms with Gasteiger partial charge < -0.3 is 9.88 Å². The molecule has 1 aliphatic rings. The lowest BCUT2D eigenvalue weighted by Crippen LogP contribution is -2.32. The van der Waals surface area contributed by atoms with E-state index in [2.05, 4.69) is 15.0 Å². The normalized spacial score (nSPS) is 13.8. The Morgan fingerprint density at radius 2 is 2.24 bits per heavy atom. The lowest BCUT2D eigenvalue weighted by Gasteiger charge is -2.15. The van der Waals surface area contributed by atoms with Gasteiger partial charge in [-0.05, 0) is 24.3 Å². The summed E-state index contributed by atoms with van der Waals surface area (Å²) in [6, 6.07) is 4.01. The maximum Gasteiger partial charge on any atom is 0.263 e. The van der Waals surface area contributed by atoms with E-state index < -0.39 is 0 Å². The summed E-state index contributed by atoms with van der Waals surface area (Å²) < 4.78 is 0. The summed E-state index contributed by atoms with van der Waals surface area (Å²) in [5.41, 5.74) is 0.509. The number of thiazole rings is 1. The minimum atomic E-state index is -0.369. The highest BCUT2D eigenvalue weighted by molar-refractivity contribution is 7.20. The van der Waals surface area contributed by atoms with Crippen LogP contribution in [-0.2, 0) is 6.54 Å². The first-order valence-corrected chi connectivity index (χ1v) is 9.70. The van der Waals surface area contributed by atoms with Crippen molar-refractivity contribution in [1.82, 2.24) is 19.9 Å². The van der Waals surface area contributed by atoms with E-state index in [-0.39, 0.29) is 17.0 Å². The fourth-order valence-corrected chi connectivity index (χ4v) is 4.16. The number of rotatable bonds is 5. The number of thiophene rings is 1. The van der Waals surface area contributed by atoms with Gasteiger partial charge in [-0.2, -0.15) is 0 Å². The average Bonchev–Trinajstić information content (AvgIpc) is 3.11. The number of amides is 1. The minimum absolute atomic E-state index is 0.0700. The van der Waals surface area contributed by atoms with Gasteiger partial charge in [-0.3, -0.25) is 9.59 Å². The van der Waals surface area contributed by atoms with Crippen LogP contribution in [0.15, 0.2) is 33.9 Å². The van der Waals surface area contributed by atoms with Crippen LogP contribution in [0.5, 0.6) is 0 Å². The number of nitrogens with one attached hydrogen (secondary N) is 1. The number of hydrogen-bond donors (Lipinski definition) is 1. The second-order valence-electron chi connectivity index (χ2n) is 6.07. The van der Waals surface area contributed by atoms with Crippen LogP contribution in [-0.4, -0.2) is 32.8 Å². The van der Waals surface area contributed by atoms with Crippen LogP contribution >= 0.6 is 22.7 Å². The van der Waals surface area contributed by atoms with Gasteiger partial charge in [0.25, 0.3) is 11.5 Å². The standard InChI is InChI=1S/C17H16N4O2S2/c1-21(8-11-9-25-16(19-11)13-3-2-6-24-13)17(23)12-7-18-14(10-4-5-10)20-15(12)22/h2-3,6-7,9-10H,4-5,8H2,1H3,(H,18,20,22). The van der Waals surface area contributed by atoms with Crippen LogP contribution in [0.1, 0.15) is 40.6 Å². The largest absolute Gasteiger partial charge is 0.336 e. The molecule has 128 valence electrons. The van der Waals surface area contributed by atoms with Crippen molar-refractivity contribution in [2.45, 2.75) is 25.3 Å². The lowest BCUT2D eigenvalue weighted by atomic mass is 10.2. The van der Waals surface area contributed by atoms with Crippen molar-refractivity contribution in [3.8, 4) is 9.88 Å². The zero-order valence-corrected chi connectivity index (χ0v) is 15.2. The van der Waals surface area contributed by atoms with E-state index in [1.807, 2.05) is 22.9 Å². The van der Waals surface area contributed by atoms with Gasteiger partial charge in [0.2, 0.25) is 0 Å². The van der Waals surface area contributed by atoms with Crippen molar-refractivity contribution >= 4 is 28.6 Å². The van der Waals surface area contributed by atoms with Crippen LogP contribution in [0, 0.1) is 0 Å². The molecular formula is C17H16N4O2S2. The second-order valence-corrected chi connectivity index (χ2v) is 7.87. The third-order valence-corrected chi connectivity index (χ3v) is 5.97. The van der Waals surface area contributed by atoms with Crippen molar-refractivity contribution in [1.29, 1.82) is 0 Å². The van der Waals surface area contributed by atoms with Crippen LogP contribution in [0.2, 0.25) is 0 Å². The Kier molecular flexibility index (Phi) is 4.22. The molecule has 1 N–H and O–H groups in total. The highest BCUT2D eigenvalue weighted by Gasteiger charge is 2.27. The monoisotopic (exact) mass is 372 g/mol. The Bertz CT molecular complexity index is 957. The Morgan fingerprint density at radius 1 is 1.40 bits per heavy atom. The number of hydrogen-bond acceptors (Lipinski definition) is 6. The lowest BCUT2D eigenvalue weighted by molar-refractivity contribution is 0.0781. The summed E-state index contributed by atoms with van der Waals surface area (Å²) in [7, 11) is 1.67. The molecule has 0 radical (unpaired) electrons. The van der Waals surface area contributed by atoms with E-state index in [0.29, 0.717) is 18.3 Å². The van der Waals surface area contributed by atoms with Gasteiger partial charge in [-0.25, -0.2) is 9.97 Å². The van der Waals surface area contributed by atoms with Crippen LogP contribution < -0.4 is 5.56 Å². The number of aromatic amines is 1. The smallest absolute Gasteiger partial charge is 0.263 e. The average molecular weight is 372 g/mol. The molecule has 0 atom stereocenters. The Morgan fingerprint density at radius 3 is 2.92 bits per heavy atom. The minimum Gasteiger partial charge on any atom is -0.336 e. The number of carbonyl (C=O) groups excluding carboxylic acids is 1. The number of aromatic nitrogens is 3. The van der Waals surface area contributed by atoms with Crippen molar-refractivity contribution in [3.05, 3.63) is 56.5 Å². The predicted octanol–water partition coefficient (Wildman–Crippen LogP) is 3.10. The molecule has 0 bridgehead atoms. The van der Waals surface area contributed by atoms with E-state index in [9.17, 15) is 9.59 Å². The third-order valence-electron chi connectivity index (χ3n) is 4.04. The van der Waals surface area contributed by atoms with Crippen molar-refractivity contribution in [3.63, 3.8) is 0 Å². The fraction of sp³-hybridized carbons (Fsp3) is 0.294. The molecule has 0 aliphatic heterocycles. The molecule has 0 unspecified atom stereocenters. The second kappa shape index (κ2) is 6.53. The van der Waals surface area contributed by atoms with Gasteiger partial charge in [0.05, 0.1) is 17.1 Å². The maximum atomic E-state index is 12.5. The Balaban J connectivity index is 1.48. The molecular weight excluding hydrogens is 356 g/mol. The molecule has 3 aromatic heterocycles. The molecule has 0 aromatic carbocycles. The van der Waals surface area contributed by atoms with Gasteiger partial charge in [-0.15, -0.1) is 22.7 Å². The summed E-state index contributed by atoms with van der Waals surface area (Å²) in [6.45, 7) is 0.352. The van der Waals surface area contributed by atoms with Gasteiger partial charge in [-0.1, -0.05) is 6.07 Å². The summed E-state index contributed by atoms with van der Waals surface area (Å²) in [4.78, 5) is 38.9. The molecule has 0 spiro atoms. The Labute approximate surface area is 152 Å². The maximum absolute atomic E-state index is 12.5. The van der Waals surface area contributed by atoms with Crippen molar-refractivity contribution < 1.29 is 4.79 Å². The molecule has 1 saturated carbocycles. The highest BCUT2D eigenvalue weighted by Crippen LogP contribution is 2.37. The molecule has 1 fully saturated rings.